The fraction of sp³-hybridized carbons (Fsp3) is 0.471. The van der Waals surface area contributed by atoms with Crippen LogP contribution in [0.3, 0.4) is 0 Å². The van der Waals surface area contributed by atoms with Gasteiger partial charge in [0.2, 0.25) is 0 Å². The third kappa shape index (κ3) is 2.59. The summed E-state index contributed by atoms with van der Waals surface area (Å²) in [4.78, 5) is 4.38. The highest BCUT2D eigenvalue weighted by Gasteiger charge is 2.36. The molecule has 1 saturated carbocycles. The maximum Gasteiger partial charge on any atom is 0.161 e. The molecule has 1 fully saturated rings. The summed E-state index contributed by atoms with van der Waals surface area (Å²) in [6.07, 6.45) is 4.85. The molecule has 1 aromatic heterocycles. The summed E-state index contributed by atoms with van der Waals surface area (Å²) >= 11 is 1.65. The summed E-state index contributed by atoms with van der Waals surface area (Å²) in [5, 5.41) is 5.88. The summed E-state index contributed by atoms with van der Waals surface area (Å²) < 4.78 is 11.4. The summed E-state index contributed by atoms with van der Waals surface area (Å²) in [6.45, 7) is 2.09. The Morgan fingerprint density at radius 2 is 1.95 bits per heavy atom. The molecular weight excluding hydrogens is 296 g/mol. The van der Waals surface area contributed by atoms with Gasteiger partial charge in [-0.2, -0.15) is 0 Å². The minimum absolute atomic E-state index is 0.0411. The van der Waals surface area contributed by atoms with Gasteiger partial charge in [0.1, 0.15) is 13.2 Å². The fourth-order valence-corrected chi connectivity index (χ4v) is 4.03. The highest BCUT2D eigenvalue weighted by molar-refractivity contribution is 7.07. The van der Waals surface area contributed by atoms with Crippen LogP contribution in [0.1, 0.15) is 36.9 Å². The van der Waals surface area contributed by atoms with Crippen molar-refractivity contribution in [3.8, 4) is 11.5 Å². The summed E-state index contributed by atoms with van der Waals surface area (Å²) in [5.41, 5.74) is 4.36. The Kier molecular flexibility index (Phi) is 3.76. The third-order valence-corrected chi connectivity index (χ3v) is 5.28. The number of thiazole rings is 1. The molecule has 2 aliphatic rings. The van der Waals surface area contributed by atoms with Crippen LogP contribution in [0.5, 0.6) is 11.5 Å². The molecule has 116 valence electrons. The van der Waals surface area contributed by atoms with Crippen molar-refractivity contribution in [2.75, 3.05) is 13.2 Å². The van der Waals surface area contributed by atoms with Crippen molar-refractivity contribution in [2.45, 2.75) is 37.8 Å². The van der Waals surface area contributed by atoms with Crippen LogP contribution in [0.25, 0.3) is 0 Å². The highest BCUT2D eigenvalue weighted by atomic mass is 32.1. The van der Waals surface area contributed by atoms with Gasteiger partial charge in [-0.15, -0.1) is 11.3 Å². The maximum atomic E-state index is 5.76. The Morgan fingerprint density at radius 1 is 1.14 bits per heavy atom. The zero-order chi connectivity index (χ0) is 14.8. The van der Waals surface area contributed by atoms with E-state index in [0.717, 1.165) is 36.6 Å². The largest absolute Gasteiger partial charge is 0.486 e. The quantitative estimate of drug-likeness (QED) is 0.938. The fourth-order valence-electron chi connectivity index (χ4n) is 3.47. The van der Waals surface area contributed by atoms with E-state index < -0.39 is 0 Å². The minimum Gasteiger partial charge on any atom is -0.486 e. The first-order valence-corrected chi connectivity index (χ1v) is 8.82. The lowest BCUT2D eigenvalue weighted by Gasteiger charge is -2.32. The molecule has 4 rings (SSSR count). The van der Waals surface area contributed by atoms with Crippen LogP contribution < -0.4 is 14.8 Å². The van der Waals surface area contributed by atoms with E-state index in [1.54, 1.807) is 11.3 Å². The number of aromatic nitrogens is 1. The summed E-state index contributed by atoms with van der Waals surface area (Å²) in [5.74, 6) is 1.74. The molecule has 0 saturated heterocycles. The van der Waals surface area contributed by atoms with Gasteiger partial charge < -0.3 is 14.8 Å². The number of ether oxygens (including phenoxy) is 2. The van der Waals surface area contributed by atoms with E-state index in [0.29, 0.717) is 13.2 Å². The van der Waals surface area contributed by atoms with Crippen LogP contribution in [0.4, 0.5) is 0 Å². The number of hydrogen-bond acceptors (Lipinski definition) is 5. The van der Waals surface area contributed by atoms with Crippen molar-refractivity contribution in [3.05, 3.63) is 40.3 Å². The highest BCUT2D eigenvalue weighted by Crippen LogP contribution is 2.42. The molecule has 1 aliphatic heterocycles. The van der Waals surface area contributed by atoms with Crippen LogP contribution in [0.2, 0.25) is 0 Å². The molecule has 0 amide bonds. The lowest BCUT2D eigenvalue weighted by Crippen LogP contribution is -2.39. The Hall–Kier alpha value is -1.59. The van der Waals surface area contributed by atoms with Crippen LogP contribution >= 0.6 is 11.3 Å². The van der Waals surface area contributed by atoms with Crippen molar-refractivity contribution >= 4 is 11.3 Å². The van der Waals surface area contributed by atoms with Gasteiger partial charge in [-0.05, 0) is 30.5 Å². The Bertz CT molecular complexity index is 636. The molecule has 0 atom stereocenters. The van der Waals surface area contributed by atoms with E-state index in [-0.39, 0.29) is 5.54 Å². The molecule has 2 aromatic rings. The molecule has 1 aromatic carbocycles. The average molecular weight is 316 g/mol. The lowest BCUT2D eigenvalue weighted by molar-refractivity contribution is 0.170. The second kappa shape index (κ2) is 5.89. The normalized spacial score (nSPS) is 19.3. The van der Waals surface area contributed by atoms with E-state index in [4.69, 9.17) is 9.47 Å². The third-order valence-electron chi connectivity index (χ3n) is 4.64. The van der Waals surface area contributed by atoms with Crippen LogP contribution in [-0.2, 0) is 12.1 Å². The zero-order valence-corrected chi connectivity index (χ0v) is 13.3. The van der Waals surface area contributed by atoms with E-state index in [1.165, 1.54) is 18.4 Å². The first kappa shape index (κ1) is 14.0. The second-order valence-electron chi connectivity index (χ2n) is 5.98. The average Bonchev–Trinajstić information content (AvgIpc) is 3.25. The molecular formula is C17H20N2O2S. The summed E-state index contributed by atoms with van der Waals surface area (Å²) in [6, 6.07) is 6.40. The number of nitrogens with one attached hydrogen (secondary N) is 1. The van der Waals surface area contributed by atoms with Crippen molar-refractivity contribution in [3.63, 3.8) is 0 Å². The first-order chi connectivity index (χ1) is 10.9. The molecule has 0 radical (unpaired) electrons. The molecule has 1 aliphatic carbocycles. The Balaban J connectivity index is 1.60. The number of nitrogens with zero attached hydrogens (tertiary/aromatic N) is 1. The standard InChI is InChI=1S/C17H20N2O2S/c1-2-6-17(5-1,19-10-14-11-22-12-18-14)13-3-4-15-16(9-13)21-8-7-20-15/h3-4,9,11-12,19H,1-2,5-8,10H2. The molecule has 4 nitrogen and oxygen atoms in total. The summed E-state index contributed by atoms with van der Waals surface area (Å²) in [7, 11) is 0. The number of hydrogen-bond donors (Lipinski definition) is 1. The smallest absolute Gasteiger partial charge is 0.161 e. The van der Waals surface area contributed by atoms with Gasteiger partial charge in [0.05, 0.1) is 11.2 Å². The van der Waals surface area contributed by atoms with Crippen molar-refractivity contribution in [1.29, 1.82) is 0 Å². The molecule has 2 heterocycles. The predicted octanol–water partition coefficient (Wildman–Crippen LogP) is 3.47. The lowest BCUT2D eigenvalue weighted by atomic mass is 9.87. The molecule has 22 heavy (non-hydrogen) atoms. The van der Waals surface area contributed by atoms with Crippen molar-refractivity contribution in [1.82, 2.24) is 10.3 Å². The van der Waals surface area contributed by atoms with Crippen molar-refractivity contribution in [2.24, 2.45) is 0 Å². The van der Waals surface area contributed by atoms with E-state index >= 15 is 0 Å². The predicted molar refractivity (Wildman–Crippen MR) is 86.5 cm³/mol. The van der Waals surface area contributed by atoms with Crippen LogP contribution in [0.15, 0.2) is 29.1 Å². The zero-order valence-electron chi connectivity index (χ0n) is 12.5. The number of benzene rings is 1. The maximum absolute atomic E-state index is 5.76. The van der Waals surface area contributed by atoms with Gasteiger partial charge >= 0.3 is 0 Å². The SMILES string of the molecule is c1nc(CNC2(c3ccc4c(c3)OCCO4)CCCC2)cs1. The van der Waals surface area contributed by atoms with Gasteiger partial charge in [-0.25, -0.2) is 4.98 Å². The Morgan fingerprint density at radius 3 is 2.73 bits per heavy atom. The molecule has 0 spiro atoms. The molecule has 0 bridgehead atoms. The van der Waals surface area contributed by atoms with E-state index in [1.807, 2.05) is 5.51 Å². The van der Waals surface area contributed by atoms with E-state index in [9.17, 15) is 0 Å². The van der Waals surface area contributed by atoms with Gasteiger partial charge in [0, 0.05) is 17.5 Å². The monoisotopic (exact) mass is 316 g/mol. The molecule has 1 N–H and O–H groups in total. The second-order valence-corrected chi connectivity index (χ2v) is 6.70. The molecule has 0 unspecified atom stereocenters. The van der Waals surface area contributed by atoms with Gasteiger partial charge in [-0.3, -0.25) is 0 Å². The Labute approximate surface area is 134 Å². The van der Waals surface area contributed by atoms with Crippen LogP contribution in [-0.4, -0.2) is 18.2 Å². The van der Waals surface area contributed by atoms with E-state index in [2.05, 4.69) is 33.9 Å². The molecule has 5 heteroatoms. The van der Waals surface area contributed by atoms with Gasteiger partial charge in [0.25, 0.3) is 0 Å². The van der Waals surface area contributed by atoms with Gasteiger partial charge in [-0.1, -0.05) is 18.9 Å². The first-order valence-electron chi connectivity index (χ1n) is 7.88. The van der Waals surface area contributed by atoms with Gasteiger partial charge in [0.15, 0.2) is 11.5 Å². The topological polar surface area (TPSA) is 43.4 Å². The number of rotatable bonds is 4. The number of fused-ring (bicyclic) bond motifs is 1. The minimum atomic E-state index is 0.0411. The van der Waals surface area contributed by atoms with Crippen LogP contribution in [0, 0.1) is 0 Å². The van der Waals surface area contributed by atoms with Crippen molar-refractivity contribution < 1.29 is 9.47 Å².